The number of hydrogen-bond acceptors (Lipinski definition) is 13. The second-order valence-electron chi connectivity index (χ2n) is 16.1. The molecule has 0 aliphatic heterocycles. The van der Waals surface area contributed by atoms with Crippen LogP contribution >= 0.6 is 15.6 Å². The van der Waals surface area contributed by atoms with Crippen LogP contribution < -0.4 is 0 Å². The molecule has 17 heteroatoms. The lowest BCUT2D eigenvalue weighted by atomic mass is 10.2. The number of carbonyl (C=O) groups is 2. The van der Waals surface area contributed by atoms with Crippen molar-refractivity contribution in [2.75, 3.05) is 39.6 Å². The van der Waals surface area contributed by atoms with Crippen molar-refractivity contribution >= 4 is 27.6 Å². The fourth-order valence-electron chi connectivity index (χ4n) is 5.47. The molecule has 0 spiro atoms. The summed E-state index contributed by atoms with van der Waals surface area (Å²) in [6.07, 6.45) is 59.9. The van der Waals surface area contributed by atoms with E-state index in [-0.39, 0.29) is 12.8 Å². The summed E-state index contributed by atoms with van der Waals surface area (Å²) < 4.78 is 52.9. The van der Waals surface area contributed by atoms with E-state index in [1.165, 1.54) is 0 Å². The smallest absolute Gasteiger partial charge is 0.463 e. The minimum Gasteiger partial charge on any atom is -0.463 e. The SMILES string of the molecule is CC/C=C\C/C=C\C/C=C\C/C=C\C/C=C\C/C=C\CCCCC(=O)OCC(O)COP(=O)(O)OCC(O)COP(=O)(O)OCC(O)COC(=O)CC/C=C\C/C=C\C/C=C\C/C=C\C/C=C\C/C=C\CC. The molecule has 5 N–H and O–H groups in total. The van der Waals surface area contributed by atoms with E-state index < -0.39 is 85.5 Å². The second-order valence-corrected chi connectivity index (χ2v) is 19.0. The highest BCUT2D eigenvalue weighted by Crippen LogP contribution is 2.45. The molecule has 0 aromatic carbocycles. The average Bonchev–Trinajstić information content (AvgIpc) is 3.36. The first kappa shape index (κ1) is 67.9. The van der Waals surface area contributed by atoms with Gasteiger partial charge in [0.2, 0.25) is 0 Å². The molecule has 15 nitrogen and oxygen atoms in total. The maximum atomic E-state index is 12.2. The van der Waals surface area contributed by atoms with Crippen molar-refractivity contribution < 1.29 is 71.4 Å². The summed E-state index contributed by atoms with van der Waals surface area (Å²) in [5.41, 5.74) is 0. The van der Waals surface area contributed by atoms with Gasteiger partial charge in [0, 0.05) is 12.8 Å². The maximum Gasteiger partial charge on any atom is 0.472 e. The van der Waals surface area contributed by atoms with E-state index >= 15 is 0 Å². The average molecular weight is 1050 g/mol. The third kappa shape index (κ3) is 50.8. The lowest BCUT2D eigenvalue weighted by Gasteiger charge is -2.19. The van der Waals surface area contributed by atoms with Crippen LogP contribution in [0.1, 0.15) is 129 Å². The monoisotopic (exact) mass is 1050 g/mol. The Morgan fingerprint density at radius 1 is 0.361 bits per heavy atom. The largest absolute Gasteiger partial charge is 0.472 e. The van der Waals surface area contributed by atoms with Crippen molar-refractivity contribution in [2.45, 2.75) is 148 Å². The Morgan fingerprint density at radius 2 is 0.611 bits per heavy atom. The summed E-state index contributed by atoms with van der Waals surface area (Å²) in [4.78, 5) is 43.8. The van der Waals surface area contributed by atoms with Gasteiger partial charge in [-0.2, -0.15) is 0 Å². The molecule has 72 heavy (non-hydrogen) atoms. The molecule has 0 rings (SSSR count). The number of phosphoric ester groups is 2. The molecule has 0 aliphatic rings. The minimum absolute atomic E-state index is 0.0624. The van der Waals surface area contributed by atoms with Gasteiger partial charge in [0.25, 0.3) is 0 Å². The Hall–Kier alpha value is -4.08. The second kappa shape index (κ2) is 49.1. The summed E-state index contributed by atoms with van der Waals surface area (Å²) in [6.45, 7) is 0.00692. The molecule has 406 valence electrons. The van der Waals surface area contributed by atoms with E-state index in [2.05, 4.69) is 160 Å². The standard InChI is InChI=1S/C55H86O15P2/c1-3-5-7-9-11-13-15-17-19-21-23-24-26-28-30-32-34-36-38-40-42-44-55(60)66-46-52(57)48-68-72(63,64)70-50-53(58)49-69-71(61,62)67-47-51(56)45-65-54(59)43-41-39-37-35-33-31-29-27-25-22-20-18-16-14-12-10-8-6-4-2/h5-8,11-14,17-20,23-25,27-28,30-31,33-34,36-37,39,51-53,56-58H,3-4,9-10,15-16,21-22,26,29,32,35,38,40-50H2,1-2H3,(H,61,62)(H,63,64)/b7-5-,8-6-,13-11-,14-12-,19-17-,20-18-,24-23-,27-25-,30-28-,33-31-,36-34-,39-37-. The van der Waals surface area contributed by atoms with Gasteiger partial charge in [-0.25, -0.2) is 9.13 Å². The zero-order chi connectivity index (χ0) is 53.1. The van der Waals surface area contributed by atoms with Gasteiger partial charge in [-0.15, -0.1) is 0 Å². The number of phosphoric acid groups is 2. The summed E-state index contributed by atoms with van der Waals surface area (Å²) in [5, 5.41) is 30.1. The van der Waals surface area contributed by atoms with Crippen molar-refractivity contribution in [3.63, 3.8) is 0 Å². The van der Waals surface area contributed by atoms with E-state index in [9.17, 15) is 43.8 Å². The first-order valence-electron chi connectivity index (χ1n) is 25.2. The molecule has 0 aromatic rings. The Bertz CT molecular complexity index is 1840. The first-order chi connectivity index (χ1) is 34.8. The highest BCUT2D eigenvalue weighted by atomic mass is 31.2. The van der Waals surface area contributed by atoms with Gasteiger partial charge in [0.05, 0.1) is 26.4 Å². The number of unbranched alkanes of at least 4 members (excludes halogenated alkanes) is 2. The van der Waals surface area contributed by atoms with E-state index in [1.54, 1.807) is 0 Å². The van der Waals surface area contributed by atoms with Gasteiger partial charge < -0.3 is 34.6 Å². The number of ether oxygens (including phenoxy) is 2. The number of allylic oxidation sites excluding steroid dienone is 24. The van der Waals surface area contributed by atoms with Gasteiger partial charge in [-0.1, -0.05) is 160 Å². The van der Waals surface area contributed by atoms with Crippen LogP contribution in [0.5, 0.6) is 0 Å². The van der Waals surface area contributed by atoms with Gasteiger partial charge >= 0.3 is 27.6 Å². The van der Waals surface area contributed by atoms with E-state index in [1.807, 2.05) is 18.2 Å². The highest BCUT2D eigenvalue weighted by Gasteiger charge is 2.28. The molecule has 0 heterocycles. The molecular formula is C55H86O15P2. The van der Waals surface area contributed by atoms with Crippen LogP contribution in [0.3, 0.4) is 0 Å². The van der Waals surface area contributed by atoms with Gasteiger partial charge in [-0.05, 0) is 103 Å². The molecule has 5 atom stereocenters. The summed E-state index contributed by atoms with van der Waals surface area (Å²) in [6, 6.07) is 0. The minimum atomic E-state index is -4.82. The van der Waals surface area contributed by atoms with E-state index in [0.717, 1.165) is 83.5 Å². The zero-order valence-corrected chi connectivity index (χ0v) is 44.6. The van der Waals surface area contributed by atoms with Crippen LogP contribution in [0.25, 0.3) is 0 Å². The molecule has 5 unspecified atom stereocenters. The predicted molar refractivity (Wildman–Crippen MR) is 288 cm³/mol. The third-order valence-corrected chi connectivity index (χ3v) is 11.2. The number of carbonyl (C=O) groups excluding carboxylic acids is 2. The predicted octanol–water partition coefficient (Wildman–Crippen LogP) is 12.2. The summed E-state index contributed by atoms with van der Waals surface area (Å²) >= 11 is 0. The third-order valence-electron chi connectivity index (χ3n) is 9.30. The van der Waals surface area contributed by atoms with E-state index in [4.69, 9.17) is 9.47 Å². The van der Waals surface area contributed by atoms with Gasteiger partial charge in [0.1, 0.15) is 31.5 Å². The highest BCUT2D eigenvalue weighted by molar-refractivity contribution is 7.47. The Morgan fingerprint density at radius 3 is 0.917 bits per heavy atom. The van der Waals surface area contributed by atoms with Gasteiger partial charge in [0.15, 0.2) is 0 Å². The Labute approximate surface area is 430 Å². The molecular weight excluding hydrogens is 963 g/mol. The Balaban J connectivity index is 4.02. The first-order valence-corrected chi connectivity index (χ1v) is 28.2. The van der Waals surface area contributed by atoms with Gasteiger partial charge in [-0.3, -0.25) is 27.7 Å². The molecule has 0 aliphatic carbocycles. The molecule has 0 bridgehead atoms. The zero-order valence-electron chi connectivity index (χ0n) is 42.8. The Kier molecular flexibility index (Phi) is 46.4. The molecule has 0 saturated carbocycles. The van der Waals surface area contributed by atoms with Crippen molar-refractivity contribution in [1.82, 2.24) is 0 Å². The van der Waals surface area contributed by atoms with Crippen LogP contribution in [0.4, 0.5) is 0 Å². The molecule has 0 saturated heterocycles. The van der Waals surface area contributed by atoms with Crippen LogP contribution in [-0.2, 0) is 46.3 Å². The van der Waals surface area contributed by atoms with Crippen molar-refractivity contribution in [2.24, 2.45) is 0 Å². The van der Waals surface area contributed by atoms with Crippen molar-refractivity contribution in [3.8, 4) is 0 Å². The number of aliphatic hydroxyl groups is 3. The topological polar surface area (TPSA) is 225 Å². The number of esters is 2. The quantitative estimate of drug-likeness (QED) is 0.0165. The lowest BCUT2D eigenvalue weighted by molar-refractivity contribution is -0.148. The molecule has 0 radical (unpaired) electrons. The number of hydrogen-bond donors (Lipinski definition) is 5. The number of rotatable bonds is 46. The summed E-state index contributed by atoms with van der Waals surface area (Å²) in [7, 11) is -9.63. The van der Waals surface area contributed by atoms with Crippen LogP contribution in [0.2, 0.25) is 0 Å². The van der Waals surface area contributed by atoms with Crippen LogP contribution in [-0.4, -0.2) is 95.0 Å². The van der Waals surface area contributed by atoms with Crippen LogP contribution in [0.15, 0.2) is 146 Å². The fraction of sp³-hybridized carbons (Fsp3) is 0.527. The normalized spacial score (nSPS) is 16.0. The maximum absolute atomic E-state index is 12.2. The lowest BCUT2D eigenvalue weighted by Crippen LogP contribution is -2.25. The van der Waals surface area contributed by atoms with Crippen LogP contribution in [0, 0.1) is 0 Å². The fourth-order valence-corrected chi connectivity index (χ4v) is 7.07. The molecule has 0 aromatic heterocycles. The molecule has 0 fully saturated rings. The van der Waals surface area contributed by atoms with E-state index in [0.29, 0.717) is 19.3 Å². The number of aliphatic hydroxyl groups excluding tert-OH is 3. The van der Waals surface area contributed by atoms with Crippen molar-refractivity contribution in [1.29, 1.82) is 0 Å². The molecule has 0 amide bonds. The summed E-state index contributed by atoms with van der Waals surface area (Å²) in [5.74, 6) is -1.13. The van der Waals surface area contributed by atoms with Crippen molar-refractivity contribution in [3.05, 3.63) is 146 Å².